The highest BCUT2D eigenvalue weighted by molar-refractivity contribution is 5.85. The van der Waals surface area contributed by atoms with E-state index in [0.29, 0.717) is 5.69 Å². The summed E-state index contributed by atoms with van der Waals surface area (Å²) in [5.41, 5.74) is 8.34. The van der Waals surface area contributed by atoms with E-state index in [-0.39, 0.29) is 18.4 Å². The standard InChI is InChI=1S/C13H13F2N3.ClH/c14-8-4-9(15)6-10(5-8)18-13-3-1-2-12(16)11(13)7-17-18;/h4-7,12H,1-3,16H2;1H. The lowest BCUT2D eigenvalue weighted by molar-refractivity contribution is 0.554. The first kappa shape index (κ1) is 14.0. The Balaban J connectivity index is 0.00000133. The summed E-state index contributed by atoms with van der Waals surface area (Å²) in [6.45, 7) is 0. The fourth-order valence-corrected chi connectivity index (χ4v) is 2.48. The summed E-state index contributed by atoms with van der Waals surface area (Å²) in [4.78, 5) is 0. The van der Waals surface area contributed by atoms with Crippen LogP contribution in [0.3, 0.4) is 0 Å². The van der Waals surface area contributed by atoms with Crippen LogP contribution in [0.1, 0.15) is 30.1 Å². The Morgan fingerprint density at radius 2 is 1.89 bits per heavy atom. The number of benzene rings is 1. The Kier molecular flexibility index (Phi) is 3.87. The maximum absolute atomic E-state index is 13.2. The molecule has 0 saturated heterocycles. The predicted molar refractivity (Wildman–Crippen MR) is 70.6 cm³/mol. The van der Waals surface area contributed by atoms with Crippen LogP contribution < -0.4 is 5.73 Å². The largest absolute Gasteiger partial charge is 0.324 e. The van der Waals surface area contributed by atoms with Crippen LogP contribution in [0.4, 0.5) is 8.78 Å². The number of aromatic nitrogens is 2. The minimum Gasteiger partial charge on any atom is -0.324 e. The summed E-state index contributed by atoms with van der Waals surface area (Å²) in [5, 5.41) is 4.20. The van der Waals surface area contributed by atoms with Crippen molar-refractivity contribution in [3.05, 3.63) is 47.3 Å². The van der Waals surface area contributed by atoms with E-state index < -0.39 is 11.6 Å². The van der Waals surface area contributed by atoms with Crippen molar-refractivity contribution in [2.75, 3.05) is 0 Å². The second kappa shape index (κ2) is 5.27. The van der Waals surface area contributed by atoms with E-state index >= 15 is 0 Å². The minimum absolute atomic E-state index is 0. The molecule has 1 unspecified atom stereocenters. The second-order valence-electron chi connectivity index (χ2n) is 4.58. The number of fused-ring (bicyclic) bond motifs is 1. The highest BCUT2D eigenvalue weighted by atomic mass is 35.5. The summed E-state index contributed by atoms with van der Waals surface area (Å²) < 4.78 is 28.0. The summed E-state index contributed by atoms with van der Waals surface area (Å²) >= 11 is 0. The molecule has 2 N–H and O–H groups in total. The molecule has 1 heterocycles. The molecule has 0 spiro atoms. The Morgan fingerprint density at radius 3 is 2.58 bits per heavy atom. The summed E-state index contributed by atoms with van der Waals surface area (Å²) in [6.07, 6.45) is 4.43. The van der Waals surface area contributed by atoms with Gasteiger partial charge < -0.3 is 5.73 Å². The molecule has 2 aromatic rings. The topological polar surface area (TPSA) is 43.8 Å². The zero-order valence-corrected chi connectivity index (χ0v) is 11.0. The van der Waals surface area contributed by atoms with Crippen molar-refractivity contribution in [3.63, 3.8) is 0 Å². The van der Waals surface area contributed by atoms with Gasteiger partial charge in [0.2, 0.25) is 0 Å². The van der Waals surface area contributed by atoms with Crippen LogP contribution in [0.15, 0.2) is 24.4 Å². The van der Waals surface area contributed by atoms with Crippen LogP contribution >= 0.6 is 12.4 Å². The first-order chi connectivity index (χ1) is 8.65. The van der Waals surface area contributed by atoms with E-state index in [0.717, 1.165) is 36.6 Å². The highest BCUT2D eigenvalue weighted by Crippen LogP contribution is 2.29. The van der Waals surface area contributed by atoms with Crippen molar-refractivity contribution in [3.8, 4) is 5.69 Å². The lowest BCUT2D eigenvalue weighted by atomic mass is 9.94. The SMILES string of the molecule is Cl.NC1CCCc2c1cnn2-c1cc(F)cc(F)c1. The molecular weight excluding hydrogens is 272 g/mol. The minimum atomic E-state index is -0.602. The van der Waals surface area contributed by atoms with Crippen molar-refractivity contribution >= 4 is 12.4 Å². The zero-order chi connectivity index (χ0) is 12.7. The lowest BCUT2D eigenvalue weighted by Crippen LogP contribution is -2.18. The van der Waals surface area contributed by atoms with E-state index in [1.807, 2.05) is 0 Å². The molecule has 1 atom stereocenters. The van der Waals surface area contributed by atoms with Gasteiger partial charge in [-0.3, -0.25) is 0 Å². The third kappa shape index (κ3) is 2.48. The van der Waals surface area contributed by atoms with Gasteiger partial charge in [-0.15, -0.1) is 12.4 Å². The molecule has 19 heavy (non-hydrogen) atoms. The van der Waals surface area contributed by atoms with Crippen molar-refractivity contribution in [1.29, 1.82) is 0 Å². The van der Waals surface area contributed by atoms with E-state index in [2.05, 4.69) is 5.10 Å². The number of nitrogens with zero attached hydrogens (tertiary/aromatic N) is 2. The Hall–Kier alpha value is -1.46. The molecule has 6 heteroatoms. The Bertz CT molecular complexity index is 577. The molecule has 102 valence electrons. The van der Waals surface area contributed by atoms with Gasteiger partial charge in [0.15, 0.2) is 0 Å². The van der Waals surface area contributed by atoms with Crippen LogP contribution in [0.5, 0.6) is 0 Å². The van der Waals surface area contributed by atoms with Crippen molar-refractivity contribution in [1.82, 2.24) is 9.78 Å². The highest BCUT2D eigenvalue weighted by Gasteiger charge is 2.22. The number of rotatable bonds is 1. The van der Waals surface area contributed by atoms with Gasteiger partial charge in [0.25, 0.3) is 0 Å². The molecule has 1 aliphatic carbocycles. The average molecular weight is 286 g/mol. The van der Waals surface area contributed by atoms with Gasteiger partial charge in [-0.25, -0.2) is 13.5 Å². The van der Waals surface area contributed by atoms with Crippen LogP contribution in [-0.2, 0) is 6.42 Å². The molecule has 1 aromatic heterocycles. The molecule has 1 aromatic carbocycles. The molecule has 0 fully saturated rings. The summed E-state index contributed by atoms with van der Waals surface area (Å²) in [5.74, 6) is -1.20. The molecule has 0 aliphatic heterocycles. The Labute approximate surface area is 115 Å². The van der Waals surface area contributed by atoms with E-state index in [1.165, 1.54) is 12.1 Å². The van der Waals surface area contributed by atoms with Gasteiger partial charge in [0, 0.05) is 23.4 Å². The fraction of sp³-hybridized carbons (Fsp3) is 0.308. The maximum atomic E-state index is 13.2. The van der Waals surface area contributed by atoms with Gasteiger partial charge in [-0.1, -0.05) is 0 Å². The van der Waals surface area contributed by atoms with Crippen molar-refractivity contribution < 1.29 is 8.78 Å². The third-order valence-electron chi connectivity index (χ3n) is 3.32. The van der Waals surface area contributed by atoms with Crippen molar-refractivity contribution in [2.45, 2.75) is 25.3 Å². The van der Waals surface area contributed by atoms with Crippen molar-refractivity contribution in [2.24, 2.45) is 5.73 Å². The third-order valence-corrected chi connectivity index (χ3v) is 3.32. The van der Waals surface area contributed by atoms with E-state index in [9.17, 15) is 8.78 Å². The number of hydrogen-bond donors (Lipinski definition) is 1. The molecule has 0 bridgehead atoms. The van der Waals surface area contributed by atoms with Gasteiger partial charge in [0.05, 0.1) is 11.9 Å². The predicted octanol–water partition coefficient (Wildman–Crippen LogP) is 2.91. The number of halogens is 3. The lowest BCUT2D eigenvalue weighted by Gasteiger charge is -2.19. The molecule has 3 rings (SSSR count). The van der Waals surface area contributed by atoms with Gasteiger partial charge in [-0.05, 0) is 31.4 Å². The zero-order valence-electron chi connectivity index (χ0n) is 10.1. The summed E-state index contributed by atoms with van der Waals surface area (Å²) in [6, 6.07) is 3.37. The van der Waals surface area contributed by atoms with Crippen LogP contribution in [0.2, 0.25) is 0 Å². The quantitative estimate of drug-likeness (QED) is 0.875. The monoisotopic (exact) mass is 285 g/mol. The van der Waals surface area contributed by atoms with E-state index in [4.69, 9.17) is 5.73 Å². The second-order valence-corrected chi connectivity index (χ2v) is 4.58. The van der Waals surface area contributed by atoms with Gasteiger partial charge >= 0.3 is 0 Å². The molecule has 0 saturated carbocycles. The van der Waals surface area contributed by atoms with Crippen LogP contribution in [-0.4, -0.2) is 9.78 Å². The molecule has 3 nitrogen and oxygen atoms in total. The molecule has 0 radical (unpaired) electrons. The number of hydrogen-bond acceptors (Lipinski definition) is 2. The summed E-state index contributed by atoms with van der Waals surface area (Å²) in [7, 11) is 0. The van der Waals surface area contributed by atoms with Crippen LogP contribution in [0, 0.1) is 11.6 Å². The normalized spacial score (nSPS) is 17.7. The van der Waals surface area contributed by atoms with Crippen LogP contribution in [0.25, 0.3) is 5.69 Å². The van der Waals surface area contributed by atoms with Gasteiger partial charge in [0.1, 0.15) is 11.6 Å². The molecule has 1 aliphatic rings. The first-order valence-corrected chi connectivity index (χ1v) is 5.94. The smallest absolute Gasteiger partial charge is 0.128 e. The first-order valence-electron chi connectivity index (χ1n) is 5.94. The average Bonchev–Trinajstić information content (AvgIpc) is 2.73. The maximum Gasteiger partial charge on any atom is 0.128 e. The fourth-order valence-electron chi connectivity index (χ4n) is 2.48. The van der Waals surface area contributed by atoms with Gasteiger partial charge in [-0.2, -0.15) is 5.10 Å². The Morgan fingerprint density at radius 1 is 1.21 bits per heavy atom. The number of nitrogens with two attached hydrogens (primary N) is 1. The van der Waals surface area contributed by atoms with E-state index in [1.54, 1.807) is 10.9 Å². The molecule has 0 amide bonds. The molecular formula is C13H14ClF2N3.